The maximum Gasteiger partial charge on any atom is 0.278 e. The highest BCUT2D eigenvalue weighted by Crippen LogP contribution is 2.22. The summed E-state index contributed by atoms with van der Waals surface area (Å²) in [4.78, 5) is 21.2. The molecule has 0 saturated carbocycles. The Balaban J connectivity index is 1.48. The summed E-state index contributed by atoms with van der Waals surface area (Å²) in [5.74, 6) is -0.267. The largest absolute Gasteiger partial charge is 0.387 e. The molecule has 148 valence electrons. The maximum absolute atomic E-state index is 12.2. The van der Waals surface area contributed by atoms with Crippen molar-refractivity contribution < 1.29 is 4.79 Å². The normalized spacial score (nSPS) is 11.6. The minimum absolute atomic E-state index is 0.127. The molecule has 1 amide bonds. The number of carbonyl (C=O) groups excluding carboxylic acids is 1. The summed E-state index contributed by atoms with van der Waals surface area (Å²) in [7, 11) is 0. The monoisotopic (exact) mass is 443 g/mol. The molecule has 0 radical (unpaired) electrons. The lowest BCUT2D eigenvalue weighted by molar-refractivity contribution is 0.100. The van der Waals surface area contributed by atoms with Crippen LogP contribution in [-0.4, -0.2) is 16.7 Å². The zero-order chi connectivity index (χ0) is 20.5. The molecule has 29 heavy (non-hydrogen) atoms. The van der Waals surface area contributed by atoms with Gasteiger partial charge in [0.1, 0.15) is 5.84 Å². The number of carbonyl (C=O) groups is 1. The number of nitrogens with two attached hydrogens (primary N) is 1. The molecule has 0 aliphatic heterocycles. The van der Waals surface area contributed by atoms with Crippen LogP contribution >= 0.6 is 34.9 Å². The Morgan fingerprint density at radius 3 is 2.66 bits per heavy atom. The van der Waals surface area contributed by atoms with Crippen molar-refractivity contribution in [1.82, 2.24) is 10.3 Å². The smallest absolute Gasteiger partial charge is 0.278 e. The fourth-order valence-electron chi connectivity index (χ4n) is 2.18. The molecule has 0 atom stereocenters. The Labute approximate surface area is 182 Å². The lowest BCUT2D eigenvalue weighted by Crippen LogP contribution is -2.13. The van der Waals surface area contributed by atoms with E-state index < -0.39 is 5.91 Å². The van der Waals surface area contributed by atoms with Crippen LogP contribution < -0.4 is 15.8 Å². The van der Waals surface area contributed by atoms with Gasteiger partial charge in [0.25, 0.3) is 5.91 Å². The van der Waals surface area contributed by atoms with Crippen LogP contribution in [0.4, 0.5) is 5.13 Å². The predicted molar refractivity (Wildman–Crippen MR) is 121 cm³/mol. The number of nitrogens with one attached hydrogen (secondary N) is 2. The van der Waals surface area contributed by atoms with Crippen LogP contribution in [0.25, 0.3) is 0 Å². The molecule has 1 heterocycles. The fraction of sp³-hybridized carbons (Fsp3) is 0.0500. The van der Waals surface area contributed by atoms with Gasteiger partial charge in [-0.3, -0.25) is 4.79 Å². The van der Waals surface area contributed by atoms with E-state index in [0.717, 1.165) is 15.6 Å². The van der Waals surface area contributed by atoms with Crippen LogP contribution in [0.5, 0.6) is 0 Å². The van der Waals surface area contributed by atoms with Crippen molar-refractivity contribution in [1.29, 1.82) is 0 Å². The first kappa shape index (κ1) is 20.9. The standard InChI is InChI=1S/C20H18ClN5OS2/c21-16-5-1-14(2-6-16)13-23-10-9-18(22)25-19(27)15-3-7-17(8-4-15)29-26-20-24-11-12-28-20/h1-12,23H,13H2,(H,24,26)(H2,22,25,27)/b10-9-. The first-order valence-corrected chi connectivity index (χ1v) is 10.6. The maximum atomic E-state index is 12.2. The molecule has 6 nitrogen and oxygen atoms in total. The van der Waals surface area contributed by atoms with Gasteiger partial charge in [0.05, 0.1) is 0 Å². The van der Waals surface area contributed by atoms with Gasteiger partial charge in [-0.05, 0) is 60.0 Å². The number of rotatable bonds is 8. The second-order valence-corrected chi connectivity index (χ2v) is 7.96. The summed E-state index contributed by atoms with van der Waals surface area (Å²) < 4.78 is 3.13. The molecule has 4 N–H and O–H groups in total. The van der Waals surface area contributed by atoms with Gasteiger partial charge in [-0.2, -0.15) is 4.99 Å². The zero-order valence-electron chi connectivity index (χ0n) is 15.2. The van der Waals surface area contributed by atoms with Crippen LogP contribution in [0.1, 0.15) is 15.9 Å². The third-order valence-corrected chi connectivity index (χ3v) is 5.48. The van der Waals surface area contributed by atoms with Gasteiger partial charge in [0.2, 0.25) is 0 Å². The SMILES string of the molecule is NC(/C=C\NCc1ccc(Cl)cc1)=NC(=O)c1ccc(SNc2nccs2)cc1. The summed E-state index contributed by atoms with van der Waals surface area (Å²) in [6.07, 6.45) is 4.94. The van der Waals surface area contributed by atoms with Crippen LogP contribution in [-0.2, 0) is 6.54 Å². The van der Waals surface area contributed by atoms with E-state index in [4.69, 9.17) is 17.3 Å². The first-order chi connectivity index (χ1) is 14.1. The number of amides is 1. The molecular formula is C20H18ClN5OS2. The van der Waals surface area contributed by atoms with Crippen molar-refractivity contribution in [3.05, 3.63) is 88.5 Å². The highest BCUT2D eigenvalue weighted by atomic mass is 35.5. The van der Waals surface area contributed by atoms with E-state index in [1.165, 1.54) is 23.3 Å². The second kappa shape index (κ2) is 10.7. The molecule has 3 aromatic rings. The van der Waals surface area contributed by atoms with E-state index in [2.05, 4.69) is 20.0 Å². The van der Waals surface area contributed by atoms with E-state index in [9.17, 15) is 4.79 Å². The average Bonchev–Trinajstić information content (AvgIpc) is 3.25. The predicted octanol–water partition coefficient (Wildman–Crippen LogP) is 4.72. The molecule has 1 aromatic heterocycles. The quantitative estimate of drug-likeness (QED) is 0.265. The minimum Gasteiger partial charge on any atom is -0.387 e. The Morgan fingerprint density at radius 2 is 1.97 bits per heavy atom. The molecule has 0 fully saturated rings. The van der Waals surface area contributed by atoms with Crippen molar-refractivity contribution >= 4 is 51.8 Å². The zero-order valence-corrected chi connectivity index (χ0v) is 17.6. The van der Waals surface area contributed by atoms with Gasteiger partial charge in [0.15, 0.2) is 5.13 Å². The number of nitrogens with zero attached hydrogens (tertiary/aromatic N) is 2. The van der Waals surface area contributed by atoms with Crippen LogP contribution in [0, 0.1) is 0 Å². The lowest BCUT2D eigenvalue weighted by atomic mass is 10.2. The molecule has 2 aromatic carbocycles. The Hall–Kier alpha value is -2.81. The summed E-state index contributed by atoms with van der Waals surface area (Å²) in [5.41, 5.74) is 7.35. The lowest BCUT2D eigenvalue weighted by Gasteiger charge is -2.03. The number of aromatic nitrogens is 1. The second-order valence-electron chi connectivity index (χ2n) is 5.75. The summed E-state index contributed by atoms with van der Waals surface area (Å²) >= 11 is 8.80. The number of hydrogen-bond acceptors (Lipinski definition) is 6. The number of thiazole rings is 1. The molecule has 0 unspecified atom stereocenters. The third-order valence-electron chi connectivity index (χ3n) is 3.61. The van der Waals surface area contributed by atoms with Crippen molar-refractivity contribution in [2.75, 3.05) is 4.72 Å². The molecule has 0 bridgehead atoms. The van der Waals surface area contributed by atoms with Crippen molar-refractivity contribution in [2.24, 2.45) is 10.7 Å². The molecule has 0 spiro atoms. The van der Waals surface area contributed by atoms with E-state index in [0.29, 0.717) is 17.1 Å². The van der Waals surface area contributed by atoms with E-state index in [1.807, 2.05) is 41.8 Å². The molecule has 3 rings (SSSR count). The van der Waals surface area contributed by atoms with Crippen LogP contribution in [0.3, 0.4) is 0 Å². The number of amidine groups is 1. The van der Waals surface area contributed by atoms with Gasteiger partial charge in [0, 0.05) is 39.8 Å². The van der Waals surface area contributed by atoms with Gasteiger partial charge in [-0.25, -0.2) is 4.98 Å². The minimum atomic E-state index is -0.394. The van der Waals surface area contributed by atoms with E-state index in [1.54, 1.807) is 30.6 Å². The Kier molecular flexibility index (Phi) is 7.69. The molecule has 9 heteroatoms. The Morgan fingerprint density at radius 1 is 1.21 bits per heavy atom. The van der Waals surface area contributed by atoms with Gasteiger partial charge in [-0.15, -0.1) is 11.3 Å². The summed E-state index contributed by atoms with van der Waals surface area (Å²) in [6, 6.07) is 14.6. The number of aliphatic imine (C=N–C) groups is 1. The van der Waals surface area contributed by atoms with Gasteiger partial charge in [-0.1, -0.05) is 23.7 Å². The number of halogens is 1. The number of hydrogen-bond donors (Lipinski definition) is 3. The third kappa shape index (κ3) is 6.94. The van der Waals surface area contributed by atoms with Crippen LogP contribution in [0.15, 0.2) is 82.3 Å². The highest BCUT2D eigenvalue weighted by Gasteiger charge is 2.05. The van der Waals surface area contributed by atoms with E-state index in [-0.39, 0.29) is 5.84 Å². The van der Waals surface area contributed by atoms with Crippen LogP contribution in [0.2, 0.25) is 5.02 Å². The van der Waals surface area contributed by atoms with Crippen molar-refractivity contribution in [3.8, 4) is 0 Å². The average molecular weight is 444 g/mol. The molecule has 0 saturated heterocycles. The summed E-state index contributed by atoms with van der Waals surface area (Å²) in [5, 5.41) is 6.50. The topological polar surface area (TPSA) is 92.4 Å². The van der Waals surface area contributed by atoms with Crippen molar-refractivity contribution in [2.45, 2.75) is 11.4 Å². The highest BCUT2D eigenvalue weighted by molar-refractivity contribution is 8.00. The fourth-order valence-corrected chi connectivity index (χ4v) is 3.53. The molecule has 0 aliphatic rings. The summed E-state index contributed by atoms with van der Waals surface area (Å²) in [6.45, 7) is 0.614. The Bertz CT molecular complexity index is 987. The number of benzene rings is 2. The van der Waals surface area contributed by atoms with Crippen molar-refractivity contribution in [3.63, 3.8) is 0 Å². The van der Waals surface area contributed by atoms with Gasteiger partial charge < -0.3 is 15.8 Å². The first-order valence-electron chi connectivity index (χ1n) is 8.55. The van der Waals surface area contributed by atoms with E-state index >= 15 is 0 Å². The van der Waals surface area contributed by atoms with Gasteiger partial charge >= 0.3 is 0 Å². The molecule has 0 aliphatic carbocycles. The number of anilines is 1. The molecular weight excluding hydrogens is 426 g/mol.